The number of tetrazole rings is 1. The molecule has 0 unspecified atom stereocenters. The van der Waals surface area contributed by atoms with E-state index in [-0.39, 0.29) is 37.0 Å². The molecule has 2 atom stereocenters. The summed E-state index contributed by atoms with van der Waals surface area (Å²) in [6.07, 6.45) is 5.65. The van der Waals surface area contributed by atoms with Gasteiger partial charge >= 0.3 is 0 Å². The highest BCUT2D eigenvalue weighted by Gasteiger charge is 2.35. The van der Waals surface area contributed by atoms with Gasteiger partial charge in [0.05, 0.1) is 6.10 Å². The maximum atomic E-state index is 13.8. The van der Waals surface area contributed by atoms with E-state index in [0.29, 0.717) is 28.8 Å². The molecule has 2 amide bonds. The smallest absolute Gasteiger partial charge is 0.247 e. The van der Waals surface area contributed by atoms with Gasteiger partial charge in [0.25, 0.3) is 0 Å². The summed E-state index contributed by atoms with van der Waals surface area (Å²) >= 11 is 6.14. The highest BCUT2D eigenvalue weighted by molar-refractivity contribution is 6.30. The molecule has 2 aromatic heterocycles. The van der Waals surface area contributed by atoms with Crippen molar-refractivity contribution in [3.8, 4) is 11.6 Å². The number of aromatic nitrogens is 4. The predicted molar refractivity (Wildman–Crippen MR) is 136 cm³/mol. The standard InChI is InChI=1S/C26H31ClN6O4/c1-17-8-13-22(37-17)25-29-31-33(30-25)16-23(34)32(15-21-7-4-14-36-21)24(18-9-11-19(27)12-10-18)26(35)28-20-5-2-3-6-20/h8-13,20-21,24H,2-7,14-16H2,1H3,(H,28,35)/t21-,24-/m1/s1. The van der Waals surface area contributed by atoms with Gasteiger partial charge in [0, 0.05) is 24.2 Å². The molecule has 1 aromatic carbocycles. The zero-order valence-electron chi connectivity index (χ0n) is 20.8. The van der Waals surface area contributed by atoms with E-state index in [0.717, 1.165) is 44.3 Å². The van der Waals surface area contributed by atoms with Crippen molar-refractivity contribution in [3.63, 3.8) is 0 Å². The molecular weight excluding hydrogens is 496 g/mol. The molecule has 1 saturated heterocycles. The Bertz CT molecular complexity index is 1210. The third-order valence-corrected chi connectivity index (χ3v) is 7.13. The van der Waals surface area contributed by atoms with Crippen LogP contribution >= 0.6 is 11.6 Å². The fraction of sp³-hybridized carbons (Fsp3) is 0.500. The van der Waals surface area contributed by atoms with Gasteiger partial charge in [-0.1, -0.05) is 36.6 Å². The minimum atomic E-state index is -0.842. The van der Waals surface area contributed by atoms with Crippen LogP contribution in [-0.2, 0) is 20.9 Å². The van der Waals surface area contributed by atoms with Gasteiger partial charge in [-0.3, -0.25) is 9.59 Å². The van der Waals surface area contributed by atoms with E-state index in [2.05, 4.69) is 20.7 Å². The molecule has 1 aliphatic carbocycles. The van der Waals surface area contributed by atoms with E-state index in [1.165, 1.54) is 4.80 Å². The van der Waals surface area contributed by atoms with E-state index >= 15 is 0 Å². The molecule has 0 bridgehead atoms. The van der Waals surface area contributed by atoms with Crippen molar-refractivity contribution in [3.05, 3.63) is 52.7 Å². The van der Waals surface area contributed by atoms with Gasteiger partial charge in [-0.25, -0.2) is 0 Å². The number of hydrogen-bond donors (Lipinski definition) is 1. The average Bonchev–Trinajstić information content (AvgIpc) is 3.69. The van der Waals surface area contributed by atoms with Crippen LogP contribution in [0.15, 0.2) is 40.8 Å². The molecule has 1 saturated carbocycles. The summed E-state index contributed by atoms with van der Waals surface area (Å²) in [7, 11) is 0. The largest absolute Gasteiger partial charge is 0.458 e. The van der Waals surface area contributed by atoms with Crippen LogP contribution in [0.5, 0.6) is 0 Å². The number of furan rings is 1. The van der Waals surface area contributed by atoms with E-state index in [4.69, 9.17) is 20.8 Å². The van der Waals surface area contributed by atoms with Crippen LogP contribution < -0.4 is 5.32 Å². The fourth-order valence-electron chi connectivity index (χ4n) is 5.00. The summed E-state index contributed by atoms with van der Waals surface area (Å²) < 4.78 is 11.4. The molecule has 1 N–H and O–H groups in total. The first-order valence-corrected chi connectivity index (χ1v) is 13.2. The highest BCUT2D eigenvalue weighted by atomic mass is 35.5. The van der Waals surface area contributed by atoms with Gasteiger partial charge in [-0.05, 0) is 67.6 Å². The number of nitrogens with zero attached hydrogens (tertiary/aromatic N) is 5. The number of hydrogen-bond acceptors (Lipinski definition) is 7. The Labute approximate surface area is 220 Å². The lowest BCUT2D eigenvalue weighted by molar-refractivity contribution is -0.143. The number of halogens is 1. The zero-order valence-corrected chi connectivity index (χ0v) is 21.6. The lowest BCUT2D eigenvalue weighted by Crippen LogP contribution is -2.49. The minimum absolute atomic E-state index is 0.110. The Morgan fingerprint density at radius 3 is 2.59 bits per heavy atom. The second kappa shape index (κ2) is 11.4. The molecule has 2 fully saturated rings. The summed E-state index contributed by atoms with van der Waals surface area (Å²) in [6, 6.07) is 9.89. The Hall–Kier alpha value is -3.24. The van der Waals surface area contributed by atoms with Crippen molar-refractivity contribution >= 4 is 23.4 Å². The normalized spacial score (nSPS) is 18.7. The Morgan fingerprint density at radius 1 is 1.14 bits per heavy atom. The van der Waals surface area contributed by atoms with Gasteiger partial charge in [0.1, 0.15) is 18.3 Å². The average molecular weight is 527 g/mol. The van der Waals surface area contributed by atoms with Crippen LogP contribution in [-0.4, -0.2) is 62.2 Å². The number of benzene rings is 1. The van der Waals surface area contributed by atoms with E-state index in [9.17, 15) is 9.59 Å². The molecule has 2 aliphatic rings. The topological polar surface area (TPSA) is 115 Å². The molecule has 0 spiro atoms. The SMILES string of the molecule is Cc1ccc(-c2nnn(CC(=O)N(C[C@H]3CCCO3)[C@@H](C(=O)NC3CCCC3)c3ccc(Cl)cc3)n2)o1. The highest BCUT2D eigenvalue weighted by Crippen LogP contribution is 2.28. The molecule has 196 valence electrons. The van der Waals surface area contributed by atoms with E-state index in [1.54, 1.807) is 35.2 Å². The van der Waals surface area contributed by atoms with E-state index in [1.807, 2.05) is 13.0 Å². The number of carbonyl (C=O) groups excluding carboxylic acids is 2. The molecule has 0 radical (unpaired) electrons. The number of amides is 2. The molecule has 1 aliphatic heterocycles. The fourth-order valence-corrected chi connectivity index (χ4v) is 5.13. The number of ether oxygens (including phenoxy) is 1. The first-order chi connectivity index (χ1) is 18.0. The molecular formula is C26H31ClN6O4. The predicted octanol–water partition coefficient (Wildman–Crippen LogP) is 3.70. The summed E-state index contributed by atoms with van der Waals surface area (Å²) in [6.45, 7) is 2.57. The lowest BCUT2D eigenvalue weighted by Gasteiger charge is -2.33. The molecule has 3 heterocycles. The zero-order chi connectivity index (χ0) is 25.8. The van der Waals surface area contributed by atoms with Crippen molar-refractivity contribution in [1.29, 1.82) is 0 Å². The molecule has 37 heavy (non-hydrogen) atoms. The van der Waals surface area contributed by atoms with Crippen LogP contribution in [0.3, 0.4) is 0 Å². The van der Waals surface area contributed by atoms with Crippen molar-refractivity contribution in [1.82, 2.24) is 30.4 Å². The summed E-state index contributed by atoms with van der Waals surface area (Å²) in [4.78, 5) is 30.3. The van der Waals surface area contributed by atoms with Gasteiger partial charge in [0.15, 0.2) is 5.76 Å². The van der Waals surface area contributed by atoms with Gasteiger partial charge < -0.3 is 19.4 Å². The lowest BCUT2D eigenvalue weighted by atomic mass is 10.0. The third kappa shape index (κ3) is 6.19. The summed E-state index contributed by atoms with van der Waals surface area (Å²) in [5.41, 5.74) is 0.685. The summed E-state index contributed by atoms with van der Waals surface area (Å²) in [5.74, 6) is 0.974. The molecule has 11 heteroatoms. The van der Waals surface area contributed by atoms with Gasteiger partial charge in [-0.15, -0.1) is 10.2 Å². The molecule has 10 nitrogen and oxygen atoms in total. The summed E-state index contributed by atoms with van der Waals surface area (Å²) in [5, 5.41) is 16.1. The number of aryl methyl sites for hydroxylation is 1. The van der Waals surface area contributed by atoms with Crippen LogP contribution in [0.2, 0.25) is 5.02 Å². The third-order valence-electron chi connectivity index (χ3n) is 6.88. The van der Waals surface area contributed by atoms with Crippen molar-refractivity contribution in [2.24, 2.45) is 0 Å². The maximum Gasteiger partial charge on any atom is 0.247 e. The van der Waals surface area contributed by atoms with Crippen LogP contribution in [0, 0.1) is 6.92 Å². The van der Waals surface area contributed by atoms with Crippen LogP contribution in [0.1, 0.15) is 55.9 Å². The monoisotopic (exact) mass is 526 g/mol. The Morgan fingerprint density at radius 2 is 1.92 bits per heavy atom. The first kappa shape index (κ1) is 25.4. The minimum Gasteiger partial charge on any atom is -0.458 e. The first-order valence-electron chi connectivity index (χ1n) is 12.8. The quantitative estimate of drug-likeness (QED) is 0.452. The number of carbonyl (C=O) groups is 2. The van der Waals surface area contributed by atoms with Crippen LogP contribution in [0.4, 0.5) is 0 Å². The maximum absolute atomic E-state index is 13.8. The van der Waals surface area contributed by atoms with Gasteiger partial charge in [0.2, 0.25) is 17.6 Å². The van der Waals surface area contributed by atoms with Crippen molar-refractivity contribution in [2.45, 2.75) is 70.2 Å². The Balaban J connectivity index is 1.42. The van der Waals surface area contributed by atoms with E-state index < -0.39 is 6.04 Å². The Kier molecular flexibility index (Phi) is 7.85. The second-order valence-electron chi connectivity index (χ2n) is 9.68. The second-order valence-corrected chi connectivity index (χ2v) is 10.1. The molecule has 5 rings (SSSR count). The number of nitrogens with one attached hydrogen (secondary N) is 1. The van der Waals surface area contributed by atoms with Crippen LogP contribution in [0.25, 0.3) is 11.6 Å². The number of rotatable bonds is 9. The van der Waals surface area contributed by atoms with Crippen molar-refractivity contribution in [2.75, 3.05) is 13.2 Å². The van der Waals surface area contributed by atoms with Crippen molar-refractivity contribution < 1.29 is 18.7 Å². The van der Waals surface area contributed by atoms with Gasteiger partial charge in [-0.2, -0.15) is 4.80 Å². The molecule has 3 aromatic rings.